The third kappa shape index (κ3) is 5.13. The predicted molar refractivity (Wildman–Crippen MR) is 102 cm³/mol. The molecule has 5 nitrogen and oxygen atoms in total. The number of carbonyl (C=O) groups is 1. The number of fused-ring (bicyclic) bond motifs is 1. The molecule has 0 bridgehead atoms. The molecule has 3 rings (SSSR count). The lowest BCUT2D eigenvalue weighted by Crippen LogP contribution is -2.47. The van der Waals surface area contributed by atoms with Gasteiger partial charge in [-0.1, -0.05) is 24.3 Å². The van der Waals surface area contributed by atoms with Crippen LogP contribution in [0.2, 0.25) is 0 Å². The van der Waals surface area contributed by atoms with Gasteiger partial charge >= 0.3 is 12.2 Å². The van der Waals surface area contributed by atoms with Crippen molar-refractivity contribution in [1.82, 2.24) is 10.2 Å². The molecule has 29 heavy (non-hydrogen) atoms. The van der Waals surface area contributed by atoms with Gasteiger partial charge in [0.25, 0.3) is 0 Å². The van der Waals surface area contributed by atoms with Gasteiger partial charge in [0.15, 0.2) is 17.6 Å². The maximum absolute atomic E-state index is 12.9. The zero-order valence-corrected chi connectivity index (χ0v) is 16.2. The highest BCUT2D eigenvalue weighted by Crippen LogP contribution is 2.32. The zero-order valence-electron chi connectivity index (χ0n) is 16.2. The van der Waals surface area contributed by atoms with E-state index in [-0.39, 0.29) is 12.1 Å². The quantitative estimate of drug-likeness (QED) is 0.784. The Morgan fingerprint density at radius 3 is 2.62 bits per heavy atom. The number of amides is 2. The number of carbonyl (C=O) groups excluding carboxylic acids is 1. The van der Waals surface area contributed by atoms with Crippen molar-refractivity contribution in [2.75, 3.05) is 19.7 Å². The number of rotatable bonds is 5. The molecule has 0 radical (unpaired) electrons. The molecule has 0 fully saturated rings. The molecule has 1 heterocycles. The average Bonchev–Trinajstić information content (AvgIpc) is 2.71. The Morgan fingerprint density at radius 2 is 1.93 bits per heavy atom. The minimum Gasteiger partial charge on any atom is -0.486 e. The average molecular weight is 408 g/mol. The fraction of sp³-hybridized carbons (Fsp3) is 0.381. The third-order valence-electron chi connectivity index (χ3n) is 4.71. The number of likely N-dealkylation sites (N-methyl/N-ethyl adjacent to an activating group) is 1. The molecular formula is C21H23F3N2O3. The van der Waals surface area contributed by atoms with Crippen molar-refractivity contribution in [2.45, 2.75) is 32.2 Å². The van der Waals surface area contributed by atoms with Gasteiger partial charge in [-0.25, -0.2) is 4.79 Å². The number of nitrogens with one attached hydrogen (secondary N) is 1. The molecule has 2 atom stereocenters. The van der Waals surface area contributed by atoms with Crippen LogP contribution in [0.5, 0.6) is 11.5 Å². The summed E-state index contributed by atoms with van der Waals surface area (Å²) in [5.74, 6) is 1.28. The Labute approximate surface area is 167 Å². The van der Waals surface area contributed by atoms with E-state index in [0.29, 0.717) is 36.8 Å². The summed E-state index contributed by atoms with van der Waals surface area (Å²) in [6.45, 7) is 4.50. The van der Waals surface area contributed by atoms with Gasteiger partial charge in [-0.3, -0.25) is 0 Å². The summed E-state index contributed by atoms with van der Waals surface area (Å²) < 4.78 is 50.3. The zero-order chi connectivity index (χ0) is 21.0. The number of benzene rings is 2. The van der Waals surface area contributed by atoms with E-state index in [9.17, 15) is 18.0 Å². The summed E-state index contributed by atoms with van der Waals surface area (Å²) in [5, 5.41) is 2.76. The molecule has 2 unspecified atom stereocenters. The van der Waals surface area contributed by atoms with Crippen molar-refractivity contribution in [1.29, 1.82) is 0 Å². The van der Waals surface area contributed by atoms with Gasteiger partial charge < -0.3 is 19.7 Å². The van der Waals surface area contributed by atoms with Crippen LogP contribution in [-0.4, -0.2) is 36.7 Å². The highest BCUT2D eigenvalue weighted by molar-refractivity contribution is 5.74. The maximum Gasteiger partial charge on any atom is 0.416 e. The molecular weight excluding hydrogens is 385 g/mol. The van der Waals surface area contributed by atoms with Gasteiger partial charge in [-0.05, 0) is 43.7 Å². The molecule has 1 aliphatic rings. The molecule has 0 aliphatic carbocycles. The second-order valence-corrected chi connectivity index (χ2v) is 6.83. The van der Waals surface area contributed by atoms with Crippen molar-refractivity contribution in [2.24, 2.45) is 0 Å². The summed E-state index contributed by atoms with van der Waals surface area (Å²) in [7, 11) is 0. The van der Waals surface area contributed by atoms with Crippen LogP contribution in [0.1, 0.15) is 31.0 Å². The molecule has 8 heteroatoms. The SMILES string of the molecule is CCN(CC1COc2ccccc2O1)C(=O)NC(C)c1cccc(C(F)(F)F)c1. The minimum atomic E-state index is -4.43. The second kappa shape index (κ2) is 8.63. The van der Waals surface area contributed by atoms with E-state index in [1.165, 1.54) is 6.07 Å². The van der Waals surface area contributed by atoms with Crippen molar-refractivity contribution < 1.29 is 27.4 Å². The first kappa shape index (κ1) is 20.8. The Kier molecular flexibility index (Phi) is 6.20. The summed E-state index contributed by atoms with van der Waals surface area (Å²) in [5.41, 5.74) is -0.356. The molecule has 2 amide bonds. The number of nitrogens with zero attached hydrogens (tertiary/aromatic N) is 1. The van der Waals surface area contributed by atoms with Gasteiger partial charge in [-0.15, -0.1) is 0 Å². The highest BCUT2D eigenvalue weighted by Gasteiger charge is 2.31. The van der Waals surface area contributed by atoms with E-state index >= 15 is 0 Å². The van der Waals surface area contributed by atoms with Gasteiger partial charge in [0.2, 0.25) is 0 Å². The van der Waals surface area contributed by atoms with Crippen LogP contribution in [0.15, 0.2) is 48.5 Å². The number of halogens is 3. The minimum absolute atomic E-state index is 0.298. The van der Waals surface area contributed by atoms with Gasteiger partial charge in [0.05, 0.1) is 18.2 Å². The number of ether oxygens (including phenoxy) is 2. The number of alkyl halides is 3. The number of urea groups is 1. The van der Waals surface area contributed by atoms with E-state index in [4.69, 9.17) is 9.47 Å². The lowest BCUT2D eigenvalue weighted by Gasteiger charge is -2.31. The number of hydrogen-bond donors (Lipinski definition) is 1. The first-order valence-corrected chi connectivity index (χ1v) is 9.39. The normalized spacial score (nSPS) is 16.8. The number of para-hydroxylation sites is 2. The van der Waals surface area contributed by atoms with E-state index in [2.05, 4.69) is 5.32 Å². The number of hydrogen-bond acceptors (Lipinski definition) is 3. The molecule has 1 aliphatic heterocycles. The monoisotopic (exact) mass is 408 g/mol. The Balaban J connectivity index is 1.61. The van der Waals surface area contributed by atoms with Crippen molar-refractivity contribution in [3.63, 3.8) is 0 Å². The molecule has 0 spiro atoms. The fourth-order valence-corrected chi connectivity index (χ4v) is 3.10. The molecule has 1 N–H and O–H groups in total. The Hall–Kier alpha value is -2.90. The predicted octanol–water partition coefficient (Wildman–Crippen LogP) is 4.64. The topological polar surface area (TPSA) is 50.8 Å². The van der Waals surface area contributed by atoms with Crippen LogP contribution in [0.3, 0.4) is 0 Å². The summed E-state index contributed by atoms with van der Waals surface area (Å²) in [6, 6.07) is 11.3. The molecule has 2 aromatic rings. The van der Waals surface area contributed by atoms with Crippen LogP contribution in [0, 0.1) is 0 Å². The van der Waals surface area contributed by atoms with E-state index in [1.807, 2.05) is 25.1 Å². The maximum atomic E-state index is 12.9. The molecule has 0 saturated carbocycles. The standard InChI is InChI=1S/C21H23F3N2O3/c1-3-26(12-17-13-28-18-9-4-5-10-19(18)29-17)20(27)25-14(2)15-7-6-8-16(11-15)21(22,23)24/h4-11,14,17H,3,12-13H2,1-2H3,(H,25,27). The van der Waals surface area contributed by atoms with Gasteiger partial charge in [0, 0.05) is 6.54 Å². The van der Waals surface area contributed by atoms with E-state index in [0.717, 1.165) is 12.1 Å². The largest absolute Gasteiger partial charge is 0.486 e. The smallest absolute Gasteiger partial charge is 0.416 e. The lowest BCUT2D eigenvalue weighted by atomic mass is 10.1. The molecule has 0 saturated heterocycles. The van der Waals surface area contributed by atoms with Gasteiger partial charge in [-0.2, -0.15) is 13.2 Å². The van der Waals surface area contributed by atoms with Crippen molar-refractivity contribution in [3.8, 4) is 11.5 Å². The van der Waals surface area contributed by atoms with E-state index < -0.39 is 17.8 Å². The summed E-state index contributed by atoms with van der Waals surface area (Å²) in [4.78, 5) is 14.2. The van der Waals surface area contributed by atoms with E-state index in [1.54, 1.807) is 24.0 Å². The second-order valence-electron chi connectivity index (χ2n) is 6.83. The fourth-order valence-electron chi connectivity index (χ4n) is 3.10. The van der Waals surface area contributed by atoms with Crippen LogP contribution in [-0.2, 0) is 6.18 Å². The Bertz CT molecular complexity index is 857. The first-order chi connectivity index (χ1) is 13.8. The van der Waals surface area contributed by atoms with Gasteiger partial charge in [0.1, 0.15) is 6.61 Å². The molecule has 0 aromatic heterocycles. The molecule has 156 valence electrons. The lowest BCUT2D eigenvalue weighted by molar-refractivity contribution is -0.137. The van der Waals surface area contributed by atoms with Crippen LogP contribution in [0.25, 0.3) is 0 Å². The molecule has 2 aromatic carbocycles. The van der Waals surface area contributed by atoms with Crippen LogP contribution >= 0.6 is 0 Å². The van der Waals surface area contributed by atoms with Crippen molar-refractivity contribution >= 4 is 6.03 Å². The highest BCUT2D eigenvalue weighted by atomic mass is 19.4. The third-order valence-corrected chi connectivity index (χ3v) is 4.71. The Morgan fingerprint density at radius 1 is 1.21 bits per heavy atom. The van der Waals surface area contributed by atoms with Crippen molar-refractivity contribution in [3.05, 3.63) is 59.7 Å². The summed E-state index contributed by atoms with van der Waals surface area (Å²) in [6.07, 6.45) is -4.76. The first-order valence-electron chi connectivity index (χ1n) is 9.39. The van der Waals surface area contributed by atoms with Crippen LogP contribution < -0.4 is 14.8 Å². The summed E-state index contributed by atoms with van der Waals surface area (Å²) >= 11 is 0. The van der Waals surface area contributed by atoms with Crippen LogP contribution in [0.4, 0.5) is 18.0 Å².